The quantitative estimate of drug-likeness (QED) is 0.713. The third kappa shape index (κ3) is 5.29. The molecule has 4 rings (SSSR count). The molecule has 1 saturated carbocycles. The standard InChI is InChI=1S/C26H33N3O3/c1-27-18-22(14-15-24(27)30)25(31)28-16-8-4-2-3-5-9-17-29(26(32)20-12-13-20)23-11-7-6-10-21(23)19-28/h6-7,10-11,14-15,18,20H,2-5,8-9,12-13,16-17,19H2,1H3. The van der Waals surface area contributed by atoms with E-state index in [1.807, 2.05) is 34.1 Å². The van der Waals surface area contributed by atoms with Gasteiger partial charge in [-0.2, -0.15) is 0 Å². The lowest BCUT2D eigenvalue weighted by Gasteiger charge is -2.28. The van der Waals surface area contributed by atoms with E-state index in [0.29, 0.717) is 18.7 Å². The molecule has 32 heavy (non-hydrogen) atoms. The van der Waals surface area contributed by atoms with E-state index in [2.05, 4.69) is 0 Å². The van der Waals surface area contributed by atoms with E-state index in [4.69, 9.17) is 0 Å². The van der Waals surface area contributed by atoms with Gasteiger partial charge in [0.25, 0.3) is 5.91 Å². The summed E-state index contributed by atoms with van der Waals surface area (Å²) < 4.78 is 1.44. The highest BCUT2D eigenvalue weighted by Gasteiger charge is 2.34. The second-order valence-corrected chi connectivity index (χ2v) is 9.11. The molecule has 0 unspecified atom stereocenters. The van der Waals surface area contributed by atoms with Gasteiger partial charge in [-0.05, 0) is 43.4 Å². The number of aryl methyl sites for hydroxylation is 1. The van der Waals surface area contributed by atoms with Gasteiger partial charge >= 0.3 is 0 Å². The van der Waals surface area contributed by atoms with E-state index in [9.17, 15) is 14.4 Å². The molecule has 170 valence electrons. The molecule has 0 N–H and O–H groups in total. The Kier molecular flexibility index (Phi) is 7.08. The Hall–Kier alpha value is -2.89. The summed E-state index contributed by atoms with van der Waals surface area (Å²) in [6.07, 6.45) is 10.0. The molecule has 2 aliphatic rings. The van der Waals surface area contributed by atoms with Crippen molar-refractivity contribution in [2.75, 3.05) is 18.0 Å². The van der Waals surface area contributed by atoms with Gasteiger partial charge in [-0.15, -0.1) is 0 Å². The van der Waals surface area contributed by atoms with E-state index < -0.39 is 0 Å². The molecule has 2 aromatic rings. The van der Waals surface area contributed by atoms with E-state index in [-0.39, 0.29) is 23.3 Å². The Bertz CT molecular complexity index is 1020. The lowest BCUT2D eigenvalue weighted by molar-refractivity contribution is -0.119. The Morgan fingerprint density at radius 1 is 0.875 bits per heavy atom. The SMILES string of the molecule is Cn1cc(C(=O)N2CCCCCCCCN(C(=O)C3CC3)c3ccccc3C2)ccc1=O. The summed E-state index contributed by atoms with van der Waals surface area (Å²) in [7, 11) is 1.66. The minimum Gasteiger partial charge on any atom is -0.334 e. The van der Waals surface area contributed by atoms with E-state index in [0.717, 1.165) is 69.2 Å². The molecule has 1 aliphatic heterocycles. The Morgan fingerprint density at radius 3 is 2.28 bits per heavy atom. The van der Waals surface area contributed by atoms with Crippen LogP contribution in [0.3, 0.4) is 0 Å². The van der Waals surface area contributed by atoms with Crippen molar-refractivity contribution in [1.29, 1.82) is 0 Å². The van der Waals surface area contributed by atoms with Crippen LogP contribution in [0.25, 0.3) is 0 Å². The molecular weight excluding hydrogens is 402 g/mol. The van der Waals surface area contributed by atoms with Crippen molar-refractivity contribution in [3.05, 3.63) is 64.1 Å². The van der Waals surface area contributed by atoms with Gasteiger partial charge in [0.05, 0.1) is 5.56 Å². The monoisotopic (exact) mass is 435 g/mol. The third-order valence-corrected chi connectivity index (χ3v) is 6.52. The summed E-state index contributed by atoms with van der Waals surface area (Å²) in [6, 6.07) is 11.1. The highest BCUT2D eigenvalue weighted by Crippen LogP contribution is 2.34. The zero-order valence-electron chi connectivity index (χ0n) is 19.0. The zero-order valence-corrected chi connectivity index (χ0v) is 19.0. The molecule has 1 aliphatic carbocycles. The largest absolute Gasteiger partial charge is 0.334 e. The number of pyridine rings is 1. The van der Waals surface area contributed by atoms with Crippen molar-refractivity contribution in [2.45, 2.75) is 57.9 Å². The van der Waals surface area contributed by atoms with Gasteiger partial charge in [-0.25, -0.2) is 0 Å². The van der Waals surface area contributed by atoms with Crippen molar-refractivity contribution in [3.8, 4) is 0 Å². The summed E-state index contributed by atoms with van der Waals surface area (Å²) in [6.45, 7) is 1.85. The van der Waals surface area contributed by atoms with Crippen LogP contribution in [0.2, 0.25) is 0 Å². The zero-order chi connectivity index (χ0) is 22.5. The van der Waals surface area contributed by atoms with E-state index in [1.165, 1.54) is 10.6 Å². The number of para-hydroxylation sites is 1. The van der Waals surface area contributed by atoms with E-state index in [1.54, 1.807) is 19.3 Å². The third-order valence-electron chi connectivity index (χ3n) is 6.52. The average Bonchev–Trinajstić information content (AvgIpc) is 3.64. The Balaban J connectivity index is 1.66. The molecule has 0 atom stereocenters. The highest BCUT2D eigenvalue weighted by molar-refractivity contribution is 5.97. The highest BCUT2D eigenvalue weighted by atomic mass is 16.2. The Morgan fingerprint density at radius 2 is 1.56 bits per heavy atom. The number of fused-ring (bicyclic) bond motifs is 1. The number of rotatable bonds is 2. The number of hydrogen-bond donors (Lipinski definition) is 0. The maximum Gasteiger partial charge on any atom is 0.255 e. The number of amides is 2. The molecule has 0 saturated heterocycles. The smallest absolute Gasteiger partial charge is 0.255 e. The summed E-state index contributed by atoms with van der Waals surface area (Å²) in [4.78, 5) is 42.2. The molecular formula is C26H33N3O3. The number of hydrogen-bond acceptors (Lipinski definition) is 3. The second-order valence-electron chi connectivity index (χ2n) is 9.11. The van der Waals surface area contributed by atoms with Crippen LogP contribution in [0.1, 0.15) is 67.3 Å². The molecule has 2 amide bonds. The van der Waals surface area contributed by atoms with Gasteiger partial charge in [0.1, 0.15) is 0 Å². The molecule has 6 nitrogen and oxygen atoms in total. The van der Waals surface area contributed by atoms with Crippen molar-refractivity contribution in [3.63, 3.8) is 0 Å². The van der Waals surface area contributed by atoms with Gasteiger partial charge < -0.3 is 14.4 Å². The molecule has 6 heteroatoms. The predicted molar refractivity (Wildman–Crippen MR) is 126 cm³/mol. The molecule has 1 aromatic heterocycles. The van der Waals surface area contributed by atoms with Crippen LogP contribution < -0.4 is 10.5 Å². The number of benzene rings is 1. The first-order valence-corrected chi connectivity index (χ1v) is 11.9. The fourth-order valence-electron chi connectivity index (χ4n) is 4.45. The number of aromatic nitrogens is 1. The molecule has 0 bridgehead atoms. The van der Waals surface area contributed by atoms with Crippen LogP contribution in [0.15, 0.2) is 47.4 Å². The van der Waals surface area contributed by atoms with Crippen LogP contribution in [-0.2, 0) is 18.4 Å². The minimum absolute atomic E-state index is 0.0784. The fourth-order valence-corrected chi connectivity index (χ4v) is 4.45. The maximum absolute atomic E-state index is 13.4. The van der Waals surface area contributed by atoms with Crippen LogP contribution in [-0.4, -0.2) is 34.4 Å². The molecule has 2 heterocycles. The first kappa shape index (κ1) is 22.3. The van der Waals surface area contributed by atoms with Crippen molar-refractivity contribution in [1.82, 2.24) is 9.47 Å². The van der Waals surface area contributed by atoms with Crippen LogP contribution in [0.4, 0.5) is 5.69 Å². The van der Waals surface area contributed by atoms with Crippen LogP contribution >= 0.6 is 0 Å². The number of nitrogens with zero attached hydrogens (tertiary/aromatic N) is 3. The molecule has 1 aromatic carbocycles. The van der Waals surface area contributed by atoms with Gasteiger partial charge in [0.2, 0.25) is 11.5 Å². The predicted octanol–water partition coefficient (Wildman–Crippen LogP) is 4.12. The van der Waals surface area contributed by atoms with E-state index >= 15 is 0 Å². The normalized spacial score (nSPS) is 18.2. The minimum atomic E-state index is -0.133. The Labute approximate surface area is 189 Å². The van der Waals surface area contributed by atoms with Gasteiger partial charge in [0.15, 0.2) is 0 Å². The maximum atomic E-state index is 13.4. The van der Waals surface area contributed by atoms with Gasteiger partial charge in [0, 0.05) is 50.6 Å². The summed E-state index contributed by atoms with van der Waals surface area (Å²) in [5.41, 5.74) is 2.31. The molecule has 0 radical (unpaired) electrons. The second kappa shape index (κ2) is 10.2. The summed E-state index contributed by atoms with van der Waals surface area (Å²) in [5, 5.41) is 0. The topological polar surface area (TPSA) is 62.6 Å². The number of carbonyl (C=O) groups excluding carboxylic acids is 2. The molecule has 1 fully saturated rings. The van der Waals surface area contributed by atoms with Crippen molar-refractivity contribution < 1.29 is 9.59 Å². The lowest BCUT2D eigenvalue weighted by atomic mass is 10.1. The van der Waals surface area contributed by atoms with Gasteiger partial charge in [-0.1, -0.05) is 43.9 Å². The first-order valence-electron chi connectivity index (χ1n) is 11.9. The average molecular weight is 436 g/mol. The van der Waals surface area contributed by atoms with Crippen molar-refractivity contribution >= 4 is 17.5 Å². The lowest BCUT2D eigenvalue weighted by Crippen LogP contribution is -2.36. The van der Waals surface area contributed by atoms with Crippen LogP contribution in [0.5, 0.6) is 0 Å². The van der Waals surface area contributed by atoms with Crippen molar-refractivity contribution in [2.24, 2.45) is 13.0 Å². The summed E-state index contributed by atoms with van der Waals surface area (Å²) >= 11 is 0. The number of anilines is 1. The first-order chi connectivity index (χ1) is 15.5. The fraction of sp³-hybridized carbons (Fsp3) is 0.500. The molecule has 0 spiro atoms. The number of carbonyl (C=O) groups is 2. The summed E-state index contributed by atoms with van der Waals surface area (Å²) in [5.74, 6) is 0.302. The van der Waals surface area contributed by atoms with Crippen LogP contribution in [0, 0.1) is 5.92 Å². The van der Waals surface area contributed by atoms with Gasteiger partial charge in [-0.3, -0.25) is 14.4 Å².